The minimum absolute atomic E-state index is 0.0962. The Morgan fingerprint density at radius 3 is 2.06 bits per heavy atom. The highest BCUT2D eigenvalue weighted by Gasteiger charge is 2.36. The summed E-state index contributed by atoms with van der Waals surface area (Å²) in [5, 5.41) is 3.73. The second-order valence-electron chi connectivity index (χ2n) is 13.1. The highest BCUT2D eigenvalue weighted by Crippen LogP contribution is 2.33. The van der Waals surface area contributed by atoms with Crippen molar-refractivity contribution in [1.82, 2.24) is 10.2 Å². The summed E-state index contributed by atoms with van der Waals surface area (Å²) in [5.74, 6) is -0.467. The van der Waals surface area contributed by atoms with Crippen molar-refractivity contribution < 1.29 is 27.5 Å². The van der Waals surface area contributed by atoms with Crippen LogP contribution in [0.5, 0.6) is 11.5 Å². The Bertz CT molecular complexity index is 1930. The smallest absolute Gasteiger partial charge is 0.264 e. The predicted molar refractivity (Wildman–Crippen MR) is 199 cm³/mol. The summed E-state index contributed by atoms with van der Waals surface area (Å²) in [6.07, 6.45) is 0.158. The second-order valence-corrected chi connectivity index (χ2v) is 15.8. The van der Waals surface area contributed by atoms with Gasteiger partial charge in [-0.2, -0.15) is 0 Å². The van der Waals surface area contributed by atoms with E-state index in [4.69, 9.17) is 32.7 Å². The van der Waals surface area contributed by atoms with Crippen LogP contribution in [0.1, 0.15) is 43.0 Å². The van der Waals surface area contributed by atoms with Gasteiger partial charge in [0.2, 0.25) is 11.8 Å². The molecule has 1 atom stereocenters. The van der Waals surface area contributed by atoms with Crippen molar-refractivity contribution >= 4 is 50.7 Å². The molecule has 12 heteroatoms. The maximum Gasteiger partial charge on any atom is 0.264 e. The van der Waals surface area contributed by atoms with Gasteiger partial charge in [0.15, 0.2) is 11.5 Å². The Labute approximate surface area is 305 Å². The van der Waals surface area contributed by atoms with Crippen molar-refractivity contribution in [1.29, 1.82) is 0 Å². The first-order valence-electron chi connectivity index (χ1n) is 15.9. The monoisotopic (exact) mass is 739 g/mol. The first-order chi connectivity index (χ1) is 23.5. The number of rotatable bonds is 13. The third-order valence-corrected chi connectivity index (χ3v) is 10.2. The standard InChI is InChI=1S/C38H43Cl2N3O6S/c1-25-17-26(2)19-30(18-25)43(50(46,47)31-15-16-34(48-6)35(22-31)49-7)24-36(44)42(23-28-13-14-29(39)21-32(28)40)33(37(45)41-38(3,4)5)20-27-11-9-8-10-12-27/h8-19,21-22,33H,20,23-24H2,1-7H3,(H,41,45)/t33-/m0/s1. The van der Waals surface area contributed by atoms with Gasteiger partial charge in [-0.15, -0.1) is 0 Å². The number of halogens is 2. The fourth-order valence-electron chi connectivity index (χ4n) is 5.57. The number of anilines is 1. The number of hydrogen-bond donors (Lipinski definition) is 1. The van der Waals surface area contributed by atoms with Crippen LogP contribution in [0.2, 0.25) is 10.0 Å². The number of benzene rings is 4. The number of nitrogens with zero attached hydrogens (tertiary/aromatic N) is 2. The molecule has 0 aliphatic rings. The van der Waals surface area contributed by atoms with E-state index >= 15 is 0 Å². The second kappa shape index (κ2) is 16.2. The molecule has 0 radical (unpaired) electrons. The molecule has 0 aliphatic carbocycles. The Morgan fingerprint density at radius 2 is 1.48 bits per heavy atom. The summed E-state index contributed by atoms with van der Waals surface area (Å²) in [5.41, 5.74) is 2.61. The Hall–Kier alpha value is -4.25. The lowest BCUT2D eigenvalue weighted by molar-refractivity contribution is -0.140. The maximum atomic E-state index is 14.8. The average Bonchev–Trinajstić information content (AvgIpc) is 3.04. The topological polar surface area (TPSA) is 105 Å². The van der Waals surface area contributed by atoms with E-state index in [0.717, 1.165) is 21.0 Å². The molecular weight excluding hydrogens is 697 g/mol. The molecule has 0 spiro atoms. The van der Waals surface area contributed by atoms with E-state index in [0.29, 0.717) is 21.4 Å². The number of methoxy groups -OCH3 is 2. The van der Waals surface area contributed by atoms with Crippen molar-refractivity contribution in [2.45, 2.75) is 64.1 Å². The Morgan fingerprint density at radius 1 is 0.840 bits per heavy atom. The van der Waals surface area contributed by atoms with Crippen molar-refractivity contribution in [3.8, 4) is 11.5 Å². The predicted octanol–water partition coefficient (Wildman–Crippen LogP) is 7.38. The molecule has 0 fully saturated rings. The van der Waals surface area contributed by atoms with E-state index in [1.54, 1.807) is 30.3 Å². The van der Waals surface area contributed by atoms with Crippen LogP contribution in [-0.2, 0) is 32.6 Å². The molecule has 1 N–H and O–H groups in total. The normalized spacial score (nSPS) is 12.2. The molecule has 2 amide bonds. The fourth-order valence-corrected chi connectivity index (χ4v) is 7.45. The lowest BCUT2D eigenvalue weighted by atomic mass is 10.0. The molecule has 0 saturated heterocycles. The molecule has 0 unspecified atom stereocenters. The van der Waals surface area contributed by atoms with Gasteiger partial charge in [-0.3, -0.25) is 13.9 Å². The van der Waals surface area contributed by atoms with Crippen molar-refractivity contribution in [2.75, 3.05) is 25.1 Å². The SMILES string of the molecule is COc1ccc(S(=O)(=O)N(CC(=O)N(Cc2ccc(Cl)cc2Cl)[C@@H](Cc2ccccc2)C(=O)NC(C)(C)C)c2cc(C)cc(C)c2)cc1OC. The number of sulfonamides is 1. The Kier molecular flexibility index (Phi) is 12.5. The number of hydrogen-bond acceptors (Lipinski definition) is 6. The van der Waals surface area contributed by atoms with Gasteiger partial charge in [-0.05, 0) is 93.3 Å². The van der Waals surface area contributed by atoms with Crippen LogP contribution in [0, 0.1) is 13.8 Å². The first kappa shape index (κ1) is 38.6. The summed E-state index contributed by atoms with van der Waals surface area (Å²) in [7, 11) is -1.52. The average molecular weight is 741 g/mol. The summed E-state index contributed by atoms with van der Waals surface area (Å²) < 4.78 is 40.9. The van der Waals surface area contributed by atoms with Crippen LogP contribution in [0.4, 0.5) is 5.69 Å². The number of aryl methyl sites for hydroxylation is 2. The van der Waals surface area contributed by atoms with Gasteiger partial charge in [0, 0.05) is 34.6 Å². The minimum Gasteiger partial charge on any atom is -0.493 e. The van der Waals surface area contributed by atoms with Gasteiger partial charge in [0.25, 0.3) is 10.0 Å². The Balaban J connectivity index is 1.89. The van der Waals surface area contributed by atoms with Crippen molar-refractivity contribution in [3.63, 3.8) is 0 Å². The lowest BCUT2D eigenvalue weighted by Gasteiger charge is -2.35. The molecule has 0 bridgehead atoms. The molecule has 0 heterocycles. The van der Waals surface area contributed by atoms with E-state index in [-0.39, 0.29) is 29.3 Å². The number of amides is 2. The third-order valence-electron chi connectivity index (χ3n) is 7.84. The van der Waals surface area contributed by atoms with Crippen molar-refractivity contribution in [3.05, 3.63) is 117 Å². The number of nitrogens with one attached hydrogen (secondary N) is 1. The molecule has 0 aliphatic heterocycles. The third kappa shape index (κ3) is 9.71. The zero-order chi connectivity index (χ0) is 36.8. The summed E-state index contributed by atoms with van der Waals surface area (Å²) in [4.78, 5) is 30.2. The van der Waals surface area contributed by atoms with Crippen LogP contribution in [0.15, 0.2) is 89.8 Å². The number of carbonyl (C=O) groups excluding carboxylic acids is 2. The zero-order valence-electron chi connectivity index (χ0n) is 29.3. The molecule has 9 nitrogen and oxygen atoms in total. The highest BCUT2D eigenvalue weighted by molar-refractivity contribution is 7.92. The summed E-state index contributed by atoms with van der Waals surface area (Å²) in [6, 6.07) is 22.7. The van der Waals surface area contributed by atoms with Gasteiger partial charge in [0.1, 0.15) is 12.6 Å². The van der Waals surface area contributed by atoms with Gasteiger partial charge in [0.05, 0.1) is 24.8 Å². The fraction of sp³-hybridized carbons (Fsp3) is 0.316. The summed E-state index contributed by atoms with van der Waals surface area (Å²) >= 11 is 12.8. The molecule has 266 valence electrons. The van der Waals surface area contributed by atoms with Crippen LogP contribution >= 0.6 is 23.2 Å². The lowest BCUT2D eigenvalue weighted by Crippen LogP contribution is -2.56. The van der Waals surface area contributed by atoms with E-state index in [1.807, 2.05) is 71.0 Å². The largest absolute Gasteiger partial charge is 0.493 e. The molecule has 0 aromatic heterocycles. The van der Waals surface area contributed by atoms with Crippen LogP contribution in [0.25, 0.3) is 0 Å². The van der Waals surface area contributed by atoms with E-state index in [9.17, 15) is 18.0 Å². The van der Waals surface area contributed by atoms with Crippen LogP contribution in [-0.4, -0.2) is 57.5 Å². The van der Waals surface area contributed by atoms with E-state index in [2.05, 4.69) is 5.32 Å². The molecular formula is C38H43Cl2N3O6S. The van der Waals surface area contributed by atoms with Crippen molar-refractivity contribution in [2.24, 2.45) is 0 Å². The van der Waals surface area contributed by atoms with Gasteiger partial charge in [-0.1, -0.05) is 65.7 Å². The van der Waals surface area contributed by atoms with Gasteiger partial charge in [-0.25, -0.2) is 8.42 Å². The van der Waals surface area contributed by atoms with Gasteiger partial charge < -0.3 is 19.7 Å². The molecule has 4 aromatic rings. The maximum absolute atomic E-state index is 14.8. The minimum atomic E-state index is -4.39. The van der Waals surface area contributed by atoms with Crippen LogP contribution < -0.4 is 19.1 Å². The van der Waals surface area contributed by atoms with Gasteiger partial charge >= 0.3 is 0 Å². The number of ether oxygens (including phenoxy) is 2. The quantitative estimate of drug-likeness (QED) is 0.154. The summed E-state index contributed by atoms with van der Waals surface area (Å²) in [6.45, 7) is 8.53. The highest BCUT2D eigenvalue weighted by atomic mass is 35.5. The first-order valence-corrected chi connectivity index (χ1v) is 18.1. The molecule has 4 rings (SSSR count). The molecule has 4 aromatic carbocycles. The molecule has 50 heavy (non-hydrogen) atoms. The van der Waals surface area contributed by atoms with E-state index in [1.165, 1.54) is 37.3 Å². The van der Waals surface area contributed by atoms with Crippen LogP contribution in [0.3, 0.4) is 0 Å². The van der Waals surface area contributed by atoms with E-state index < -0.39 is 40.0 Å². The zero-order valence-corrected chi connectivity index (χ0v) is 31.6. The number of carbonyl (C=O) groups is 2. The molecule has 0 saturated carbocycles.